The second-order valence-corrected chi connectivity index (χ2v) is 11.0. The number of halogens is 2. The summed E-state index contributed by atoms with van der Waals surface area (Å²) in [6.07, 6.45) is 1.19. The van der Waals surface area contributed by atoms with Crippen molar-refractivity contribution in [3.8, 4) is 0 Å². The zero-order chi connectivity index (χ0) is 23.8. The minimum absolute atomic E-state index is 0.150. The van der Waals surface area contributed by atoms with Gasteiger partial charge in [-0.05, 0) is 59.7 Å². The van der Waals surface area contributed by atoms with Crippen LogP contribution in [0.4, 0.5) is 14.5 Å². The van der Waals surface area contributed by atoms with E-state index in [1.54, 1.807) is 18.2 Å². The Hall–Kier alpha value is -3.31. The molecule has 1 heterocycles. The van der Waals surface area contributed by atoms with Crippen LogP contribution < -0.4 is 4.72 Å². The number of rotatable bonds is 6. The van der Waals surface area contributed by atoms with E-state index in [9.17, 15) is 25.6 Å². The molecule has 0 aliphatic carbocycles. The zero-order valence-electron chi connectivity index (χ0n) is 17.3. The maximum atomic E-state index is 13.9. The van der Waals surface area contributed by atoms with Crippen LogP contribution in [-0.2, 0) is 20.0 Å². The molecule has 3 aromatic rings. The van der Waals surface area contributed by atoms with Gasteiger partial charge in [0, 0.05) is 12.1 Å². The number of hydrogen-bond donors (Lipinski definition) is 1. The number of benzene rings is 3. The predicted molar refractivity (Wildman–Crippen MR) is 121 cm³/mol. The van der Waals surface area contributed by atoms with Gasteiger partial charge < -0.3 is 0 Å². The Morgan fingerprint density at radius 1 is 0.909 bits per heavy atom. The summed E-state index contributed by atoms with van der Waals surface area (Å²) >= 11 is 0. The highest BCUT2D eigenvalue weighted by atomic mass is 32.2. The fourth-order valence-corrected chi connectivity index (χ4v) is 5.50. The Morgan fingerprint density at radius 3 is 2.18 bits per heavy atom. The average molecular weight is 492 g/mol. The normalized spacial score (nSPS) is 16.5. The minimum atomic E-state index is -4.17. The Morgan fingerprint density at radius 2 is 1.58 bits per heavy atom. The van der Waals surface area contributed by atoms with Crippen molar-refractivity contribution in [1.29, 1.82) is 0 Å². The molecule has 3 aromatic carbocycles. The van der Waals surface area contributed by atoms with Gasteiger partial charge in [0.1, 0.15) is 11.6 Å². The number of sulfonamides is 2. The summed E-state index contributed by atoms with van der Waals surface area (Å²) < 4.78 is 80.0. The first-order valence-electron chi connectivity index (χ1n) is 9.74. The summed E-state index contributed by atoms with van der Waals surface area (Å²) in [5.74, 6) is -1.10. The van der Waals surface area contributed by atoms with E-state index in [0.717, 1.165) is 34.9 Å². The lowest BCUT2D eigenvalue weighted by molar-refractivity contribution is 0.370. The highest BCUT2D eigenvalue weighted by molar-refractivity contribution is 7.92. The molecule has 1 aliphatic rings. The summed E-state index contributed by atoms with van der Waals surface area (Å²) in [5, 5.41) is 4.33. The molecule has 1 atom stereocenters. The monoisotopic (exact) mass is 491 g/mol. The molecular formula is C22H19F2N3O4S2. The summed E-state index contributed by atoms with van der Waals surface area (Å²) in [4.78, 5) is -0.150. The van der Waals surface area contributed by atoms with E-state index in [1.807, 2.05) is 0 Å². The van der Waals surface area contributed by atoms with Crippen molar-refractivity contribution < 1.29 is 25.6 Å². The van der Waals surface area contributed by atoms with Crippen molar-refractivity contribution in [2.45, 2.75) is 17.4 Å². The Labute approximate surface area is 190 Å². The first kappa shape index (κ1) is 22.9. The van der Waals surface area contributed by atoms with Gasteiger partial charge in [-0.2, -0.15) is 17.9 Å². The van der Waals surface area contributed by atoms with Crippen LogP contribution in [0.5, 0.6) is 0 Å². The van der Waals surface area contributed by atoms with E-state index in [0.29, 0.717) is 22.5 Å². The van der Waals surface area contributed by atoms with E-state index >= 15 is 0 Å². The van der Waals surface area contributed by atoms with Crippen LogP contribution in [0.1, 0.15) is 23.6 Å². The van der Waals surface area contributed by atoms with Crippen molar-refractivity contribution in [1.82, 2.24) is 4.41 Å². The van der Waals surface area contributed by atoms with Crippen molar-refractivity contribution >= 4 is 31.4 Å². The fourth-order valence-electron chi connectivity index (χ4n) is 3.51. The van der Waals surface area contributed by atoms with Crippen LogP contribution in [0.15, 0.2) is 82.8 Å². The van der Waals surface area contributed by atoms with Crippen molar-refractivity contribution in [2.75, 3.05) is 11.0 Å². The summed E-state index contributed by atoms with van der Waals surface area (Å²) in [5.41, 5.74) is 1.75. The minimum Gasteiger partial charge on any atom is -0.284 e. The molecule has 172 valence electrons. The van der Waals surface area contributed by atoms with Gasteiger partial charge in [-0.15, -0.1) is 0 Å². The highest BCUT2D eigenvalue weighted by Crippen LogP contribution is 2.37. The van der Waals surface area contributed by atoms with Crippen LogP contribution >= 0.6 is 0 Å². The highest BCUT2D eigenvalue weighted by Gasteiger charge is 2.37. The smallest absolute Gasteiger partial charge is 0.279 e. The van der Waals surface area contributed by atoms with Crippen molar-refractivity contribution in [2.24, 2.45) is 5.10 Å². The van der Waals surface area contributed by atoms with E-state index < -0.39 is 37.7 Å². The molecule has 1 N–H and O–H groups in total. The maximum Gasteiger partial charge on any atom is 0.279 e. The lowest BCUT2D eigenvalue weighted by atomic mass is 9.99. The molecular weight excluding hydrogens is 472 g/mol. The fraction of sp³-hybridized carbons (Fsp3) is 0.136. The number of hydrogen-bond acceptors (Lipinski definition) is 5. The van der Waals surface area contributed by atoms with E-state index in [2.05, 4.69) is 9.82 Å². The third-order valence-corrected chi connectivity index (χ3v) is 7.29. The van der Waals surface area contributed by atoms with Gasteiger partial charge in [-0.25, -0.2) is 17.2 Å². The zero-order valence-corrected chi connectivity index (χ0v) is 18.9. The molecule has 0 radical (unpaired) electrons. The second kappa shape index (κ2) is 8.56. The first-order valence-corrected chi connectivity index (χ1v) is 13.1. The Bertz CT molecular complexity index is 1420. The van der Waals surface area contributed by atoms with Gasteiger partial charge in [0.2, 0.25) is 10.0 Å². The second-order valence-electron chi connectivity index (χ2n) is 7.50. The van der Waals surface area contributed by atoms with Gasteiger partial charge in [0.15, 0.2) is 0 Å². The van der Waals surface area contributed by atoms with E-state index in [1.165, 1.54) is 30.3 Å². The number of nitrogens with zero attached hydrogens (tertiary/aromatic N) is 2. The number of nitrogens with one attached hydrogen (secondary N) is 1. The van der Waals surface area contributed by atoms with Gasteiger partial charge in [-0.1, -0.05) is 24.3 Å². The summed E-state index contributed by atoms with van der Waals surface area (Å²) in [7, 11) is -7.62. The third kappa shape index (κ3) is 5.04. The molecule has 0 spiro atoms. The number of hydrazone groups is 1. The molecule has 11 heteroatoms. The molecule has 1 aliphatic heterocycles. The average Bonchev–Trinajstić information content (AvgIpc) is 3.20. The van der Waals surface area contributed by atoms with Crippen molar-refractivity contribution in [3.63, 3.8) is 0 Å². The lowest BCUT2D eigenvalue weighted by Crippen LogP contribution is -2.27. The quantitative estimate of drug-likeness (QED) is 0.566. The van der Waals surface area contributed by atoms with Gasteiger partial charge in [0.25, 0.3) is 10.0 Å². The lowest BCUT2D eigenvalue weighted by Gasteiger charge is -2.23. The molecule has 7 nitrogen and oxygen atoms in total. The molecule has 33 heavy (non-hydrogen) atoms. The third-order valence-electron chi connectivity index (χ3n) is 4.99. The van der Waals surface area contributed by atoms with Gasteiger partial charge in [0.05, 0.1) is 22.9 Å². The van der Waals surface area contributed by atoms with Crippen LogP contribution in [0, 0.1) is 11.6 Å². The van der Waals surface area contributed by atoms with E-state index in [-0.39, 0.29) is 11.3 Å². The molecule has 0 aromatic heterocycles. The van der Waals surface area contributed by atoms with Crippen LogP contribution in [0.25, 0.3) is 0 Å². The van der Waals surface area contributed by atoms with Crippen LogP contribution in [-0.4, -0.2) is 33.2 Å². The molecule has 1 unspecified atom stereocenters. The number of anilines is 1. The molecule has 0 saturated carbocycles. The molecule has 4 rings (SSSR count). The van der Waals surface area contributed by atoms with Crippen molar-refractivity contribution in [3.05, 3.63) is 95.6 Å². The largest absolute Gasteiger partial charge is 0.284 e. The molecule has 0 saturated heterocycles. The predicted octanol–water partition coefficient (Wildman–Crippen LogP) is 3.88. The molecule has 0 fully saturated rings. The maximum absolute atomic E-state index is 13.9. The van der Waals surface area contributed by atoms with E-state index in [4.69, 9.17) is 0 Å². The summed E-state index contributed by atoms with van der Waals surface area (Å²) in [6.45, 7) is 0. The SMILES string of the molecule is CS(=O)(=O)Nc1ccc(C2=NN(S(=O)(=O)c3ccc(F)cc3)C(c3cccc(F)c3)C2)cc1. The topological polar surface area (TPSA) is 95.9 Å². The Balaban J connectivity index is 1.74. The van der Waals surface area contributed by atoms with Crippen LogP contribution in [0.2, 0.25) is 0 Å². The van der Waals surface area contributed by atoms with Gasteiger partial charge >= 0.3 is 0 Å². The first-order chi connectivity index (χ1) is 15.5. The Kier molecular flexibility index (Phi) is 5.93. The van der Waals surface area contributed by atoms with Gasteiger partial charge in [-0.3, -0.25) is 4.72 Å². The molecule has 0 bridgehead atoms. The van der Waals surface area contributed by atoms with Crippen LogP contribution in [0.3, 0.4) is 0 Å². The standard InChI is InChI=1S/C22H19F2N3O4S2/c1-32(28,29)26-19-9-5-15(6-10-19)21-14-22(16-3-2-4-18(24)13-16)27(25-21)33(30,31)20-11-7-17(23)8-12-20/h2-13,22,26H,14H2,1H3. The molecule has 0 amide bonds. The summed E-state index contributed by atoms with van der Waals surface area (Å²) in [6, 6.07) is 15.4.